The van der Waals surface area contributed by atoms with Crippen LogP contribution in [0.1, 0.15) is 59.3 Å². The van der Waals surface area contributed by atoms with Crippen molar-refractivity contribution in [1.29, 1.82) is 5.41 Å². The summed E-state index contributed by atoms with van der Waals surface area (Å²) < 4.78 is 0. The van der Waals surface area contributed by atoms with Gasteiger partial charge < -0.3 is 16.0 Å². The fraction of sp³-hybridized carbons (Fsp3) is 0.667. The third-order valence-corrected chi connectivity index (χ3v) is 3.63. The molecule has 0 saturated heterocycles. The zero-order chi connectivity index (χ0) is 21.4. The van der Waals surface area contributed by atoms with Crippen molar-refractivity contribution in [1.82, 2.24) is 21.4 Å². The van der Waals surface area contributed by atoms with Crippen LogP contribution in [0.4, 0.5) is 0 Å². The van der Waals surface area contributed by atoms with Crippen LogP contribution >= 0.6 is 0 Å². The number of carbonyl (C=O) groups is 2. The maximum Gasteiger partial charge on any atom is 0.251 e. The van der Waals surface area contributed by atoms with Gasteiger partial charge in [-0.15, -0.1) is 0 Å². The molecule has 0 rings (SSSR count). The highest BCUT2D eigenvalue weighted by molar-refractivity contribution is 5.93. The molecule has 0 saturated carbocycles. The van der Waals surface area contributed by atoms with Crippen LogP contribution in [0.3, 0.4) is 0 Å². The summed E-state index contributed by atoms with van der Waals surface area (Å²) in [5.41, 5.74) is 1.69. The predicted molar refractivity (Wildman–Crippen MR) is 108 cm³/mol. The molecule has 0 aromatic heterocycles. The van der Waals surface area contributed by atoms with E-state index in [1.165, 1.54) is 6.08 Å². The lowest BCUT2D eigenvalue weighted by Crippen LogP contribution is -2.46. The number of unbranched alkanes of at least 4 members (excludes halogenated alkanes) is 2. The Labute approximate surface area is 166 Å². The number of carbonyl (C=O) groups excluding carboxylic acids is 2. The maximum absolute atomic E-state index is 12.4. The van der Waals surface area contributed by atoms with Gasteiger partial charge in [-0.05, 0) is 37.7 Å². The monoisotopic (exact) mass is 397 g/mol. The van der Waals surface area contributed by atoms with Crippen molar-refractivity contribution >= 4 is 17.8 Å². The molecule has 0 aromatic rings. The number of hydrogen-bond acceptors (Lipinski definition) is 5. The lowest BCUT2D eigenvalue weighted by molar-refractivity contribution is -0.525. The molecule has 28 heavy (non-hydrogen) atoms. The van der Waals surface area contributed by atoms with Crippen LogP contribution in [-0.4, -0.2) is 35.4 Å². The summed E-state index contributed by atoms with van der Waals surface area (Å²) in [6.07, 6.45) is 7.53. The fourth-order valence-electron chi connectivity index (χ4n) is 2.15. The minimum Gasteiger partial charge on any atom is -0.352 e. The molecule has 1 atom stereocenters. The summed E-state index contributed by atoms with van der Waals surface area (Å²) >= 11 is 0. The number of nitro groups is 1. The summed E-state index contributed by atoms with van der Waals surface area (Å²) in [6, 6.07) is -0.730. The van der Waals surface area contributed by atoms with Crippen LogP contribution in [0.2, 0.25) is 0 Å². The number of guanidine groups is 1. The van der Waals surface area contributed by atoms with Gasteiger partial charge in [0.2, 0.25) is 11.8 Å². The van der Waals surface area contributed by atoms with Crippen molar-refractivity contribution in [2.45, 2.75) is 65.3 Å². The van der Waals surface area contributed by atoms with E-state index in [2.05, 4.69) is 22.9 Å². The van der Waals surface area contributed by atoms with Crippen molar-refractivity contribution in [2.24, 2.45) is 5.92 Å². The van der Waals surface area contributed by atoms with E-state index >= 15 is 0 Å². The molecular formula is C18H33N6O4. The molecule has 0 heterocycles. The molecule has 0 fully saturated rings. The van der Waals surface area contributed by atoms with Gasteiger partial charge in [-0.2, -0.15) is 0 Å². The number of nitrogens with one attached hydrogen (secondary N) is 5. The summed E-state index contributed by atoms with van der Waals surface area (Å²) in [4.78, 5) is 34.6. The van der Waals surface area contributed by atoms with Gasteiger partial charge in [0.15, 0.2) is 5.03 Å². The molecule has 0 aromatic carbocycles. The molecule has 0 unspecified atom stereocenters. The zero-order valence-corrected chi connectivity index (χ0v) is 16.9. The average Bonchev–Trinajstić information content (AvgIpc) is 2.60. The van der Waals surface area contributed by atoms with Crippen LogP contribution < -0.4 is 21.4 Å². The van der Waals surface area contributed by atoms with Gasteiger partial charge in [-0.1, -0.05) is 45.1 Å². The van der Waals surface area contributed by atoms with Crippen molar-refractivity contribution in [3.63, 3.8) is 0 Å². The van der Waals surface area contributed by atoms with E-state index in [9.17, 15) is 19.7 Å². The van der Waals surface area contributed by atoms with Crippen LogP contribution in [0.5, 0.6) is 0 Å². The fourth-order valence-corrected chi connectivity index (χ4v) is 2.15. The molecule has 0 aliphatic rings. The Morgan fingerprint density at radius 1 is 1.25 bits per heavy atom. The van der Waals surface area contributed by atoms with Gasteiger partial charge in [0.1, 0.15) is 6.04 Å². The van der Waals surface area contributed by atoms with Crippen molar-refractivity contribution in [3.8, 4) is 0 Å². The highest BCUT2D eigenvalue weighted by Gasteiger charge is 2.19. The van der Waals surface area contributed by atoms with Crippen molar-refractivity contribution < 1.29 is 14.6 Å². The second-order valence-electron chi connectivity index (χ2n) is 6.76. The second-order valence-corrected chi connectivity index (χ2v) is 6.76. The largest absolute Gasteiger partial charge is 0.352 e. The topological polar surface area (TPSA) is 149 Å². The van der Waals surface area contributed by atoms with E-state index in [1.807, 2.05) is 13.8 Å². The van der Waals surface area contributed by atoms with Gasteiger partial charge in [-0.25, -0.2) is 10.1 Å². The highest BCUT2D eigenvalue weighted by atomic mass is 16.7. The normalized spacial score (nSPS) is 11.9. The minimum atomic E-state index is -0.832. The zero-order valence-electron chi connectivity index (χ0n) is 16.9. The minimum absolute atomic E-state index is 0.251. The summed E-state index contributed by atoms with van der Waals surface area (Å²) in [5, 5.41) is 24.7. The molecule has 10 heteroatoms. The van der Waals surface area contributed by atoms with E-state index < -0.39 is 17.0 Å². The van der Waals surface area contributed by atoms with Gasteiger partial charge >= 0.3 is 0 Å². The number of rotatable bonds is 14. The number of hydrazine groups is 1. The molecule has 5 N–H and O–H groups in total. The first-order valence-electron chi connectivity index (χ1n) is 9.58. The van der Waals surface area contributed by atoms with E-state index in [0.29, 0.717) is 25.2 Å². The molecule has 0 aliphatic heterocycles. The molecule has 0 bridgehead atoms. The summed E-state index contributed by atoms with van der Waals surface area (Å²) in [6.45, 7) is 8.06. The molecular weight excluding hydrogens is 364 g/mol. The molecule has 10 nitrogen and oxygen atoms in total. The lowest BCUT2D eigenvalue weighted by Gasteiger charge is -2.18. The Hall–Kier alpha value is -2.65. The molecule has 0 aliphatic carbocycles. The van der Waals surface area contributed by atoms with Crippen LogP contribution in [-0.2, 0) is 9.59 Å². The molecule has 0 spiro atoms. The van der Waals surface area contributed by atoms with Crippen molar-refractivity contribution in [2.75, 3.05) is 6.54 Å². The number of nitrogens with zero attached hydrogens (tertiary/aromatic N) is 1. The maximum atomic E-state index is 12.4. The highest BCUT2D eigenvalue weighted by Crippen LogP contribution is 2.03. The first-order chi connectivity index (χ1) is 13.3. The Morgan fingerprint density at radius 3 is 2.57 bits per heavy atom. The van der Waals surface area contributed by atoms with Gasteiger partial charge in [-0.3, -0.25) is 15.0 Å². The van der Waals surface area contributed by atoms with E-state index in [4.69, 9.17) is 5.41 Å². The Kier molecular flexibility index (Phi) is 14.0. The van der Waals surface area contributed by atoms with Crippen LogP contribution in [0.15, 0.2) is 12.2 Å². The molecule has 2 amide bonds. The van der Waals surface area contributed by atoms with Crippen LogP contribution in [0.25, 0.3) is 0 Å². The van der Waals surface area contributed by atoms with Gasteiger partial charge in [0, 0.05) is 13.1 Å². The Morgan fingerprint density at radius 2 is 1.96 bits per heavy atom. The van der Waals surface area contributed by atoms with Crippen LogP contribution in [0, 0.1) is 28.0 Å². The second kappa shape index (κ2) is 15.4. The average molecular weight is 398 g/mol. The standard InChI is InChI=1S/C18H33N6O4/c1-4-5-6-7-10-16(25)22-15(17(26)20-13-11-14(2)3)9-8-12-21-18(19)23-24(27)28/h7,10,13-15H,4-6,8-9,11-12H2,1-3H3,(H,20,26)(H,22,25)(H3,19,21,23)/t15-/m0/s1. The number of hydrogen-bond donors (Lipinski definition) is 5. The summed E-state index contributed by atoms with van der Waals surface area (Å²) in [5.74, 6) is -0.677. The lowest BCUT2D eigenvalue weighted by atomic mass is 10.1. The first-order valence-corrected chi connectivity index (χ1v) is 9.58. The molecule has 159 valence electrons. The van der Waals surface area contributed by atoms with Crippen molar-refractivity contribution in [3.05, 3.63) is 28.8 Å². The predicted octanol–water partition coefficient (Wildman–Crippen LogP) is 1.63. The quantitative estimate of drug-likeness (QED) is 0.0751. The summed E-state index contributed by atoms with van der Waals surface area (Å²) in [7, 11) is 0. The smallest absolute Gasteiger partial charge is 0.251 e. The van der Waals surface area contributed by atoms with E-state index in [1.54, 1.807) is 18.0 Å². The Bertz CT molecular complexity index is 536. The number of amides is 2. The van der Waals surface area contributed by atoms with Gasteiger partial charge in [0.05, 0.1) is 0 Å². The third-order valence-electron chi connectivity index (χ3n) is 3.63. The van der Waals surface area contributed by atoms with Gasteiger partial charge in [0.25, 0.3) is 5.96 Å². The molecule has 1 radical (unpaired) electrons. The Balaban J connectivity index is 4.55. The number of allylic oxidation sites excluding steroid dienone is 1. The van der Waals surface area contributed by atoms with E-state index in [0.717, 1.165) is 19.3 Å². The first kappa shape index (κ1) is 25.4. The van der Waals surface area contributed by atoms with E-state index in [-0.39, 0.29) is 18.4 Å². The SMILES string of the molecule is CCCCC=CC(=O)N[C@@H](CCCNC(=N)N[N+](=O)[O-])C(=O)N[CH]CC(C)C. The third kappa shape index (κ3) is 14.5.